The first-order valence-corrected chi connectivity index (χ1v) is 9.32. The van der Waals surface area contributed by atoms with E-state index >= 15 is 0 Å². The van der Waals surface area contributed by atoms with E-state index in [1.54, 1.807) is 43.7 Å². The van der Waals surface area contributed by atoms with E-state index in [4.69, 9.17) is 4.74 Å². The highest BCUT2D eigenvalue weighted by Crippen LogP contribution is 2.12. The first-order chi connectivity index (χ1) is 11.9. The summed E-state index contributed by atoms with van der Waals surface area (Å²) < 4.78 is 22.4. The molecule has 0 fully saturated rings. The largest absolute Gasteiger partial charge is 0.444 e. The van der Waals surface area contributed by atoms with Crippen molar-refractivity contribution in [3.63, 3.8) is 0 Å². The van der Waals surface area contributed by atoms with E-state index in [1.165, 1.54) is 6.21 Å². The van der Waals surface area contributed by atoms with E-state index < -0.39 is 27.4 Å². The lowest BCUT2D eigenvalue weighted by Crippen LogP contribution is -2.32. The molecule has 2 aromatic heterocycles. The molecule has 1 N–H and O–H groups in total. The lowest BCUT2D eigenvalue weighted by Gasteiger charge is -2.19. The zero-order valence-corrected chi connectivity index (χ0v) is 16.8. The Morgan fingerprint density at radius 2 is 2.04 bits per heavy atom. The maximum Gasteiger partial charge on any atom is 0.407 e. The number of aromatic nitrogens is 3. The number of rotatable bonds is 4. The number of fused-ring (bicyclic) bond motifs is 1. The van der Waals surface area contributed by atoms with Gasteiger partial charge in [0.15, 0.2) is 5.65 Å². The van der Waals surface area contributed by atoms with Gasteiger partial charge in [-0.3, -0.25) is 0 Å². The summed E-state index contributed by atoms with van der Waals surface area (Å²) in [6, 6.07) is 1.79. The third kappa shape index (κ3) is 5.91. The summed E-state index contributed by atoms with van der Waals surface area (Å²) in [5.74, 6) is 0. The number of alkyl carbamates (subject to hydrolysis) is 1. The van der Waals surface area contributed by atoms with Crippen molar-refractivity contribution in [1.29, 1.82) is 0 Å². The average molecular weight is 379 g/mol. The Hall–Kier alpha value is -2.29. The Morgan fingerprint density at radius 3 is 2.65 bits per heavy atom. The van der Waals surface area contributed by atoms with Gasteiger partial charge in [0.2, 0.25) is 0 Å². The monoisotopic (exact) mass is 379 g/mol. The third-order valence-electron chi connectivity index (χ3n) is 3.03. The van der Waals surface area contributed by atoms with Gasteiger partial charge in [0.05, 0.1) is 29.4 Å². The van der Waals surface area contributed by atoms with Crippen LogP contribution in [-0.2, 0) is 22.3 Å². The molecular weight excluding hydrogens is 354 g/mol. The molecular formula is C17H25N5O3S. The second-order valence-corrected chi connectivity index (χ2v) is 9.71. The standard InChI is InChI=1S/C17H25N5O3S/c1-16(2,3)25-15(23)18-10-13-11-22-14(21-13)7-12(8-19-22)9-20-26(24)17(4,5)6/h7-9,11H,10H2,1-6H3,(H,18,23)/b20-9+. The maximum absolute atomic E-state index is 12.0. The summed E-state index contributed by atoms with van der Waals surface area (Å²) in [6.07, 6.45) is 4.37. The molecule has 2 aromatic rings. The van der Waals surface area contributed by atoms with Crippen molar-refractivity contribution in [2.75, 3.05) is 0 Å². The molecule has 8 nitrogen and oxygen atoms in total. The summed E-state index contributed by atoms with van der Waals surface area (Å²) >= 11 is 0. The number of amides is 1. The fraction of sp³-hybridized carbons (Fsp3) is 0.529. The van der Waals surface area contributed by atoms with Gasteiger partial charge >= 0.3 is 6.09 Å². The van der Waals surface area contributed by atoms with Gasteiger partial charge in [-0.25, -0.2) is 18.5 Å². The van der Waals surface area contributed by atoms with Gasteiger partial charge in [-0.2, -0.15) is 9.50 Å². The van der Waals surface area contributed by atoms with Gasteiger partial charge in [-0.05, 0) is 47.6 Å². The molecule has 26 heavy (non-hydrogen) atoms. The predicted octanol–water partition coefficient (Wildman–Crippen LogP) is 2.64. The Labute approximate surface area is 155 Å². The van der Waals surface area contributed by atoms with Crippen LogP contribution in [0.2, 0.25) is 0 Å². The maximum atomic E-state index is 12.0. The van der Waals surface area contributed by atoms with Gasteiger partial charge in [0.1, 0.15) is 16.6 Å². The molecule has 1 amide bonds. The molecule has 9 heteroatoms. The fourth-order valence-electron chi connectivity index (χ4n) is 1.84. The number of hydrogen-bond acceptors (Lipinski definition) is 5. The first-order valence-electron chi connectivity index (χ1n) is 8.21. The number of carbonyl (C=O) groups excluding carboxylic acids is 1. The van der Waals surface area contributed by atoms with Gasteiger partial charge in [0.25, 0.3) is 0 Å². The molecule has 2 rings (SSSR count). The van der Waals surface area contributed by atoms with Crippen LogP contribution in [0.15, 0.2) is 22.9 Å². The number of hydrogen-bond donors (Lipinski definition) is 1. The number of ether oxygens (including phenoxy) is 1. The molecule has 0 spiro atoms. The SMILES string of the molecule is CC(C)(C)OC(=O)NCc1cn2ncc(/C=N/S(=O)C(C)(C)C)cc2n1. The van der Waals surface area contributed by atoms with Crippen molar-refractivity contribution in [2.24, 2.45) is 4.40 Å². The number of imidazole rings is 1. The quantitative estimate of drug-likeness (QED) is 0.824. The van der Waals surface area contributed by atoms with Crippen LogP contribution in [0.3, 0.4) is 0 Å². The third-order valence-corrected chi connectivity index (χ3v) is 4.37. The van der Waals surface area contributed by atoms with Crippen LogP contribution in [0, 0.1) is 0 Å². The van der Waals surface area contributed by atoms with Gasteiger partial charge < -0.3 is 10.1 Å². The minimum absolute atomic E-state index is 0.232. The fourth-order valence-corrected chi connectivity index (χ4v) is 2.37. The topological polar surface area (TPSA) is 98.0 Å². The van der Waals surface area contributed by atoms with Crippen molar-refractivity contribution in [3.05, 3.63) is 29.7 Å². The lowest BCUT2D eigenvalue weighted by molar-refractivity contribution is 0.0523. The molecule has 1 unspecified atom stereocenters. The van der Waals surface area contributed by atoms with E-state index in [9.17, 15) is 9.00 Å². The summed E-state index contributed by atoms with van der Waals surface area (Å²) in [6.45, 7) is 11.2. The molecule has 0 aliphatic rings. The Bertz CT molecular complexity index is 846. The van der Waals surface area contributed by atoms with Gasteiger partial charge in [-0.1, -0.05) is 0 Å². The average Bonchev–Trinajstić information content (AvgIpc) is 2.90. The number of nitrogens with one attached hydrogen (secondary N) is 1. The highest BCUT2D eigenvalue weighted by Gasteiger charge is 2.18. The molecule has 1 atom stereocenters. The van der Waals surface area contributed by atoms with E-state index in [1.807, 2.05) is 20.8 Å². The number of carbonyl (C=O) groups is 1. The molecule has 0 saturated carbocycles. The summed E-state index contributed by atoms with van der Waals surface area (Å²) in [7, 11) is -1.33. The summed E-state index contributed by atoms with van der Waals surface area (Å²) in [5.41, 5.74) is 1.41. The minimum Gasteiger partial charge on any atom is -0.444 e. The Kier molecular flexibility index (Phi) is 5.80. The molecule has 0 aromatic carbocycles. The molecule has 0 aliphatic heterocycles. The molecule has 0 saturated heterocycles. The normalized spacial score (nSPS) is 13.9. The van der Waals surface area contributed by atoms with E-state index in [0.717, 1.165) is 0 Å². The van der Waals surface area contributed by atoms with Crippen LogP contribution >= 0.6 is 0 Å². The molecule has 142 valence electrons. The van der Waals surface area contributed by atoms with Crippen LogP contribution in [0.25, 0.3) is 5.65 Å². The summed E-state index contributed by atoms with van der Waals surface area (Å²) in [5, 5.41) is 6.90. The van der Waals surface area contributed by atoms with Gasteiger partial charge in [0, 0.05) is 11.8 Å². The first kappa shape index (κ1) is 20.0. The highest BCUT2D eigenvalue weighted by molar-refractivity contribution is 7.85. The zero-order valence-electron chi connectivity index (χ0n) is 15.9. The lowest BCUT2D eigenvalue weighted by atomic mass is 10.2. The molecule has 0 bridgehead atoms. The van der Waals surface area contributed by atoms with E-state index in [-0.39, 0.29) is 6.54 Å². The molecule has 0 radical (unpaired) electrons. The van der Waals surface area contributed by atoms with E-state index in [0.29, 0.717) is 16.9 Å². The Balaban J connectivity index is 2.06. The predicted molar refractivity (Wildman–Crippen MR) is 102 cm³/mol. The number of nitrogens with zero attached hydrogens (tertiary/aromatic N) is 4. The second kappa shape index (κ2) is 7.53. The molecule has 2 heterocycles. The highest BCUT2D eigenvalue weighted by atomic mass is 32.2. The van der Waals surface area contributed by atoms with Crippen molar-refractivity contribution in [1.82, 2.24) is 19.9 Å². The van der Waals surface area contributed by atoms with Gasteiger partial charge in [-0.15, -0.1) is 0 Å². The van der Waals surface area contributed by atoms with Crippen LogP contribution in [-0.4, -0.2) is 41.5 Å². The van der Waals surface area contributed by atoms with Crippen molar-refractivity contribution in [3.8, 4) is 0 Å². The smallest absolute Gasteiger partial charge is 0.407 e. The van der Waals surface area contributed by atoms with Crippen molar-refractivity contribution in [2.45, 2.75) is 58.4 Å². The van der Waals surface area contributed by atoms with Crippen LogP contribution in [0.5, 0.6) is 0 Å². The van der Waals surface area contributed by atoms with Crippen LogP contribution in [0.4, 0.5) is 4.79 Å². The summed E-state index contributed by atoms with van der Waals surface area (Å²) in [4.78, 5) is 16.1. The van der Waals surface area contributed by atoms with Crippen molar-refractivity contribution < 1.29 is 13.7 Å². The van der Waals surface area contributed by atoms with E-state index in [2.05, 4.69) is 19.8 Å². The minimum atomic E-state index is -1.33. The second-order valence-electron chi connectivity index (χ2n) is 7.78. The van der Waals surface area contributed by atoms with Crippen molar-refractivity contribution >= 4 is 28.9 Å². The Morgan fingerprint density at radius 1 is 1.35 bits per heavy atom. The van der Waals surface area contributed by atoms with Crippen LogP contribution < -0.4 is 5.32 Å². The molecule has 0 aliphatic carbocycles. The zero-order chi connectivity index (χ0) is 19.5. The van der Waals surface area contributed by atoms with Crippen LogP contribution in [0.1, 0.15) is 52.8 Å².